The van der Waals surface area contributed by atoms with Crippen LogP contribution in [0.1, 0.15) is 30.0 Å². The van der Waals surface area contributed by atoms with Gasteiger partial charge in [0.2, 0.25) is 0 Å². The third-order valence-electron chi connectivity index (χ3n) is 4.34. The lowest BCUT2D eigenvalue weighted by molar-refractivity contribution is 0.254. The highest BCUT2D eigenvalue weighted by molar-refractivity contribution is 6.33. The molecule has 0 atom stereocenters. The number of rotatable bonds is 4. The minimum atomic E-state index is -0.482. The zero-order valence-electron chi connectivity index (χ0n) is 14.7. The molecule has 0 bridgehead atoms. The van der Waals surface area contributed by atoms with Crippen molar-refractivity contribution in [3.05, 3.63) is 39.8 Å². The van der Waals surface area contributed by atoms with Crippen molar-refractivity contribution in [1.29, 1.82) is 0 Å². The topological polar surface area (TPSA) is 96.8 Å². The number of nitrogens with one attached hydrogen (secondary N) is 3. The van der Waals surface area contributed by atoms with Crippen LogP contribution in [0.2, 0.25) is 10.3 Å². The monoisotopic (exact) mass is 405 g/mol. The molecule has 0 radical (unpaired) electrons. The number of hydrogen-bond donors (Lipinski definition) is 3. The van der Waals surface area contributed by atoms with Crippen molar-refractivity contribution >= 4 is 51.8 Å². The van der Waals surface area contributed by atoms with Gasteiger partial charge in [-0.25, -0.2) is 14.8 Å². The smallest absolute Gasteiger partial charge is 0.306 e. The van der Waals surface area contributed by atoms with Crippen LogP contribution < -0.4 is 16.2 Å². The quantitative estimate of drug-likeness (QED) is 0.450. The lowest BCUT2D eigenvalue weighted by atomic mass is 10.1. The van der Waals surface area contributed by atoms with Crippen molar-refractivity contribution in [1.82, 2.24) is 25.2 Å². The highest BCUT2D eigenvalue weighted by Crippen LogP contribution is 2.44. The van der Waals surface area contributed by atoms with E-state index in [1.54, 1.807) is 4.68 Å². The molecule has 0 unspecified atom stereocenters. The molecule has 140 valence electrons. The van der Waals surface area contributed by atoms with Crippen molar-refractivity contribution < 1.29 is 4.79 Å². The Labute approximate surface area is 165 Å². The van der Waals surface area contributed by atoms with Crippen molar-refractivity contribution in [2.24, 2.45) is 7.05 Å². The Hall–Kier alpha value is -2.58. The molecule has 0 saturated heterocycles. The van der Waals surface area contributed by atoms with Gasteiger partial charge in [0, 0.05) is 18.1 Å². The maximum atomic E-state index is 12.1. The largest absolute Gasteiger partial charge is 0.337 e. The molecule has 1 aliphatic carbocycles. The number of urea groups is 1. The standard InChI is InChI=1S/C17H17Cl2N7O/c1-8-15-11(9-3-4-9)7-14(22-16(15)26(2)25-8)23-24-17(27)20-10-5-12(18)21-13(19)6-10/h5-7,9H,3-4H2,1-2H3,(H,22,23)(H2,20,21,24,27). The number of nitrogens with zero attached hydrogens (tertiary/aromatic N) is 4. The van der Waals surface area contributed by atoms with Crippen molar-refractivity contribution in [3.8, 4) is 0 Å². The Balaban J connectivity index is 1.51. The molecule has 3 aromatic rings. The fraction of sp³-hybridized carbons (Fsp3) is 0.294. The molecular weight excluding hydrogens is 389 g/mol. The number of amides is 2. The summed E-state index contributed by atoms with van der Waals surface area (Å²) >= 11 is 11.7. The summed E-state index contributed by atoms with van der Waals surface area (Å²) in [5.74, 6) is 1.07. The molecule has 3 heterocycles. The number of halogens is 2. The van der Waals surface area contributed by atoms with E-state index < -0.39 is 6.03 Å². The van der Waals surface area contributed by atoms with Gasteiger partial charge in [0.15, 0.2) is 5.65 Å². The van der Waals surface area contributed by atoms with Crippen molar-refractivity contribution in [2.75, 3.05) is 10.7 Å². The third-order valence-corrected chi connectivity index (χ3v) is 4.73. The molecule has 8 nitrogen and oxygen atoms in total. The van der Waals surface area contributed by atoms with Crippen LogP contribution in [-0.4, -0.2) is 25.8 Å². The first-order valence-electron chi connectivity index (χ1n) is 8.41. The van der Waals surface area contributed by atoms with Crippen LogP contribution in [0.15, 0.2) is 18.2 Å². The average Bonchev–Trinajstić information content (AvgIpc) is 3.39. The predicted octanol–water partition coefficient (Wildman–Crippen LogP) is 4.00. The van der Waals surface area contributed by atoms with Crippen molar-refractivity contribution in [2.45, 2.75) is 25.7 Å². The lowest BCUT2D eigenvalue weighted by Crippen LogP contribution is -2.34. The van der Waals surface area contributed by atoms with Crippen molar-refractivity contribution in [3.63, 3.8) is 0 Å². The summed E-state index contributed by atoms with van der Waals surface area (Å²) < 4.78 is 1.75. The normalized spacial score (nSPS) is 13.6. The SMILES string of the molecule is Cc1nn(C)c2nc(NNC(=O)Nc3cc(Cl)nc(Cl)c3)cc(C3CC3)c12. The van der Waals surface area contributed by atoms with E-state index in [4.69, 9.17) is 23.2 Å². The highest BCUT2D eigenvalue weighted by atomic mass is 35.5. The maximum Gasteiger partial charge on any atom is 0.337 e. The fourth-order valence-electron chi connectivity index (χ4n) is 3.08. The summed E-state index contributed by atoms with van der Waals surface area (Å²) in [6.07, 6.45) is 2.31. The summed E-state index contributed by atoms with van der Waals surface area (Å²) in [7, 11) is 1.86. The maximum absolute atomic E-state index is 12.1. The zero-order chi connectivity index (χ0) is 19.1. The summed E-state index contributed by atoms with van der Waals surface area (Å²) in [4.78, 5) is 20.5. The van der Waals surface area contributed by atoms with Gasteiger partial charge in [0.05, 0.1) is 5.69 Å². The van der Waals surface area contributed by atoms with Crippen LogP contribution in [0.25, 0.3) is 11.0 Å². The summed E-state index contributed by atoms with van der Waals surface area (Å²) in [6.45, 7) is 1.99. The number of aromatic nitrogens is 4. The first kappa shape index (κ1) is 17.8. The molecule has 4 rings (SSSR count). The van der Waals surface area contributed by atoms with E-state index in [2.05, 4.69) is 31.2 Å². The average molecular weight is 406 g/mol. The van der Waals surface area contributed by atoms with E-state index >= 15 is 0 Å². The Bertz CT molecular complexity index is 1030. The molecule has 10 heteroatoms. The first-order valence-corrected chi connectivity index (χ1v) is 9.16. The number of carbonyl (C=O) groups is 1. The van der Waals surface area contributed by atoms with E-state index in [1.807, 2.05) is 20.0 Å². The van der Waals surface area contributed by atoms with Crippen LogP contribution in [0, 0.1) is 6.92 Å². The number of hydrogen-bond acceptors (Lipinski definition) is 5. The molecule has 1 aliphatic rings. The van der Waals surface area contributed by atoms with Gasteiger partial charge < -0.3 is 5.32 Å². The summed E-state index contributed by atoms with van der Waals surface area (Å²) in [5, 5.41) is 8.57. The Morgan fingerprint density at radius 2 is 1.89 bits per heavy atom. The summed E-state index contributed by atoms with van der Waals surface area (Å²) in [6, 6.07) is 4.49. The molecule has 3 N–H and O–H groups in total. The molecule has 2 amide bonds. The minimum absolute atomic E-state index is 0.193. The molecule has 1 saturated carbocycles. The Morgan fingerprint density at radius 1 is 1.19 bits per heavy atom. The van der Waals surface area contributed by atoms with Gasteiger partial charge in [-0.15, -0.1) is 0 Å². The molecule has 0 spiro atoms. The minimum Gasteiger partial charge on any atom is -0.306 e. The highest BCUT2D eigenvalue weighted by Gasteiger charge is 2.28. The number of carbonyl (C=O) groups excluding carboxylic acids is 1. The number of pyridine rings is 2. The lowest BCUT2D eigenvalue weighted by Gasteiger charge is -2.12. The second-order valence-corrected chi connectivity index (χ2v) is 7.26. The molecule has 1 fully saturated rings. The van der Waals surface area contributed by atoms with Gasteiger partial charge in [0.1, 0.15) is 16.1 Å². The van der Waals surface area contributed by atoms with Crippen LogP contribution in [0.5, 0.6) is 0 Å². The first-order chi connectivity index (χ1) is 12.9. The predicted molar refractivity (Wildman–Crippen MR) is 105 cm³/mol. The van der Waals surface area contributed by atoms with Gasteiger partial charge in [-0.2, -0.15) is 5.10 Å². The van der Waals surface area contributed by atoms with Crippen LogP contribution in [0.4, 0.5) is 16.3 Å². The molecular formula is C17H17Cl2N7O. The molecule has 0 aliphatic heterocycles. The second-order valence-electron chi connectivity index (χ2n) is 6.48. The van der Waals surface area contributed by atoms with Gasteiger partial charge in [-0.05, 0) is 49.4 Å². The number of anilines is 2. The van der Waals surface area contributed by atoms with E-state index in [0.29, 0.717) is 17.4 Å². The third kappa shape index (κ3) is 3.77. The van der Waals surface area contributed by atoms with Crippen LogP contribution in [-0.2, 0) is 7.05 Å². The van der Waals surface area contributed by atoms with E-state index in [0.717, 1.165) is 29.6 Å². The van der Waals surface area contributed by atoms with E-state index in [-0.39, 0.29) is 10.3 Å². The van der Waals surface area contributed by atoms with Gasteiger partial charge in [-0.1, -0.05) is 23.2 Å². The van der Waals surface area contributed by atoms with Gasteiger partial charge >= 0.3 is 6.03 Å². The van der Waals surface area contributed by atoms with E-state index in [9.17, 15) is 4.79 Å². The number of aryl methyl sites for hydroxylation is 2. The van der Waals surface area contributed by atoms with Gasteiger partial charge in [-0.3, -0.25) is 15.5 Å². The number of fused-ring (bicyclic) bond motifs is 1. The van der Waals surface area contributed by atoms with Gasteiger partial charge in [0.25, 0.3) is 0 Å². The fourth-order valence-corrected chi connectivity index (χ4v) is 3.54. The van der Waals surface area contributed by atoms with E-state index in [1.165, 1.54) is 17.7 Å². The second kappa shape index (κ2) is 6.86. The van der Waals surface area contributed by atoms with Crippen LogP contribution >= 0.6 is 23.2 Å². The van der Waals surface area contributed by atoms with Crippen LogP contribution in [0.3, 0.4) is 0 Å². The Morgan fingerprint density at radius 3 is 2.56 bits per heavy atom. The molecule has 0 aromatic carbocycles. The Kier molecular flexibility index (Phi) is 4.53. The summed E-state index contributed by atoms with van der Waals surface area (Å²) in [5.41, 5.74) is 8.81. The molecule has 27 heavy (non-hydrogen) atoms. The molecule has 3 aromatic heterocycles. The zero-order valence-corrected chi connectivity index (χ0v) is 16.2. The number of hydrazine groups is 1.